The lowest BCUT2D eigenvalue weighted by Crippen LogP contribution is -2.39. The number of nitrogens with zero attached hydrogens (tertiary/aromatic N) is 2. The summed E-state index contributed by atoms with van der Waals surface area (Å²) >= 11 is 5.91. The Hall–Kier alpha value is -1.67. The van der Waals surface area contributed by atoms with Crippen LogP contribution < -0.4 is 0 Å². The fourth-order valence-electron chi connectivity index (χ4n) is 1.78. The lowest BCUT2D eigenvalue weighted by molar-refractivity contribution is -0.384. The van der Waals surface area contributed by atoms with Crippen LogP contribution in [-0.2, 0) is 9.84 Å². The van der Waals surface area contributed by atoms with E-state index < -0.39 is 26.7 Å². The number of carbonyl (C=O) groups is 1. The average Bonchev–Trinajstić information content (AvgIpc) is 2.45. The van der Waals surface area contributed by atoms with Crippen molar-refractivity contribution >= 4 is 33.0 Å². The third-order valence-corrected chi connectivity index (χ3v) is 5.49. The molecule has 0 aliphatic carbocycles. The van der Waals surface area contributed by atoms with Crippen molar-refractivity contribution in [2.45, 2.75) is 19.9 Å². The van der Waals surface area contributed by atoms with Crippen molar-refractivity contribution in [1.29, 1.82) is 0 Å². The van der Waals surface area contributed by atoms with Crippen LogP contribution in [0.1, 0.15) is 24.2 Å². The fraction of sp³-hybridized carbons (Fsp3) is 0.462. The monoisotopic (exact) mass is 348 g/mol. The molecule has 22 heavy (non-hydrogen) atoms. The van der Waals surface area contributed by atoms with Crippen LogP contribution in [0, 0.1) is 10.1 Å². The Labute approximate surface area is 133 Å². The van der Waals surface area contributed by atoms with E-state index in [1.165, 1.54) is 31.0 Å². The molecule has 0 saturated heterocycles. The zero-order valence-electron chi connectivity index (χ0n) is 12.4. The second kappa shape index (κ2) is 7.06. The number of carbonyl (C=O) groups excluding carboxylic acids is 1. The van der Waals surface area contributed by atoms with E-state index in [1.54, 1.807) is 6.92 Å². The zero-order chi connectivity index (χ0) is 17.1. The summed E-state index contributed by atoms with van der Waals surface area (Å²) in [6.07, 6.45) is 0. The molecule has 0 spiro atoms. The molecule has 0 fully saturated rings. The number of nitro benzene ring substituents is 1. The van der Waals surface area contributed by atoms with Gasteiger partial charge in [0.05, 0.1) is 21.3 Å². The van der Waals surface area contributed by atoms with Crippen LogP contribution in [0.5, 0.6) is 0 Å². The van der Waals surface area contributed by atoms with Crippen molar-refractivity contribution in [3.05, 3.63) is 38.9 Å². The fourth-order valence-corrected chi connectivity index (χ4v) is 3.23. The number of nitro groups is 1. The Bertz CT molecular complexity index is 690. The summed E-state index contributed by atoms with van der Waals surface area (Å²) in [7, 11) is -1.76. The molecule has 1 aromatic carbocycles. The normalized spacial score (nSPS) is 12.7. The summed E-state index contributed by atoms with van der Waals surface area (Å²) in [6.45, 7) is 3.15. The van der Waals surface area contributed by atoms with Gasteiger partial charge in [0, 0.05) is 31.0 Å². The first-order valence-electron chi connectivity index (χ1n) is 6.50. The van der Waals surface area contributed by atoms with E-state index in [0.29, 0.717) is 0 Å². The third kappa shape index (κ3) is 4.41. The van der Waals surface area contributed by atoms with Gasteiger partial charge in [-0.1, -0.05) is 18.5 Å². The molecule has 0 unspecified atom stereocenters. The number of non-ortho nitro benzene ring substituents is 1. The van der Waals surface area contributed by atoms with Crippen LogP contribution >= 0.6 is 11.6 Å². The lowest BCUT2D eigenvalue weighted by Gasteiger charge is -2.25. The SMILES string of the molecule is CCS(=O)(=O)C[C@@H](C)N(C)C(=O)c1ccc([N+](=O)[O-])cc1Cl. The van der Waals surface area contributed by atoms with E-state index in [1.807, 2.05) is 0 Å². The van der Waals surface area contributed by atoms with Crippen LogP contribution in [0.15, 0.2) is 18.2 Å². The smallest absolute Gasteiger partial charge is 0.270 e. The van der Waals surface area contributed by atoms with Crippen molar-refractivity contribution in [3.63, 3.8) is 0 Å². The van der Waals surface area contributed by atoms with Crippen LogP contribution in [0.25, 0.3) is 0 Å². The molecule has 0 bridgehead atoms. The molecule has 1 rings (SSSR count). The molecule has 7 nitrogen and oxygen atoms in total. The molecule has 0 N–H and O–H groups in total. The summed E-state index contributed by atoms with van der Waals surface area (Å²) in [5, 5.41) is 10.6. The average molecular weight is 349 g/mol. The van der Waals surface area contributed by atoms with Crippen molar-refractivity contribution in [2.24, 2.45) is 0 Å². The largest absolute Gasteiger partial charge is 0.338 e. The molecule has 0 heterocycles. The predicted octanol–water partition coefficient (Wildman–Crippen LogP) is 2.14. The van der Waals surface area contributed by atoms with Gasteiger partial charge in [0.2, 0.25) is 0 Å². The van der Waals surface area contributed by atoms with E-state index in [2.05, 4.69) is 0 Å². The summed E-state index contributed by atoms with van der Waals surface area (Å²) < 4.78 is 23.2. The molecule has 0 aromatic heterocycles. The van der Waals surface area contributed by atoms with Crippen molar-refractivity contribution in [2.75, 3.05) is 18.6 Å². The molecular weight excluding hydrogens is 332 g/mol. The highest BCUT2D eigenvalue weighted by Crippen LogP contribution is 2.24. The first kappa shape index (κ1) is 18.4. The van der Waals surface area contributed by atoms with Crippen LogP contribution in [0.2, 0.25) is 5.02 Å². The Kier molecular flexibility index (Phi) is 5.90. The minimum Gasteiger partial charge on any atom is -0.338 e. The standard InChI is InChI=1S/C13H17ClN2O5S/c1-4-22(20,21)8-9(2)15(3)13(17)11-6-5-10(16(18)19)7-12(11)14/h5-7,9H,4,8H2,1-3H3/t9-/m1/s1. The van der Waals surface area contributed by atoms with Gasteiger partial charge in [0.1, 0.15) is 0 Å². The van der Waals surface area contributed by atoms with Gasteiger partial charge in [-0.25, -0.2) is 8.42 Å². The molecule has 0 radical (unpaired) electrons. The number of amides is 1. The molecule has 0 aliphatic rings. The van der Waals surface area contributed by atoms with E-state index in [4.69, 9.17) is 11.6 Å². The first-order chi connectivity index (χ1) is 10.1. The molecule has 9 heteroatoms. The van der Waals surface area contributed by atoms with Gasteiger partial charge in [-0.15, -0.1) is 0 Å². The minimum absolute atomic E-state index is 0.00232. The molecule has 122 valence electrons. The molecule has 0 aliphatic heterocycles. The highest BCUT2D eigenvalue weighted by Gasteiger charge is 2.24. The Morgan fingerprint density at radius 3 is 2.50 bits per heavy atom. The second-order valence-electron chi connectivity index (χ2n) is 4.89. The van der Waals surface area contributed by atoms with Gasteiger partial charge in [0.15, 0.2) is 9.84 Å². The van der Waals surface area contributed by atoms with Gasteiger partial charge < -0.3 is 4.90 Å². The maximum atomic E-state index is 12.3. The van der Waals surface area contributed by atoms with Gasteiger partial charge in [-0.3, -0.25) is 14.9 Å². The van der Waals surface area contributed by atoms with Crippen LogP contribution in [-0.4, -0.2) is 48.7 Å². The van der Waals surface area contributed by atoms with Gasteiger partial charge in [-0.05, 0) is 13.0 Å². The summed E-state index contributed by atoms with van der Waals surface area (Å²) in [6, 6.07) is 3.00. The molecule has 1 atom stereocenters. The third-order valence-electron chi connectivity index (χ3n) is 3.31. The van der Waals surface area contributed by atoms with Crippen molar-refractivity contribution < 1.29 is 18.1 Å². The molecular formula is C13H17ClN2O5S. The van der Waals surface area contributed by atoms with Crippen molar-refractivity contribution in [1.82, 2.24) is 4.90 Å². The van der Waals surface area contributed by atoms with E-state index in [-0.39, 0.29) is 27.8 Å². The number of benzene rings is 1. The van der Waals surface area contributed by atoms with Gasteiger partial charge in [-0.2, -0.15) is 0 Å². The quantitative estimate of drug-likeness (QED) is 0.579. The minimum atomic E-state index is -3.22. The summed E-state index contributed by atoms with van der Waals surface area (Å²) in [5.41, 5.74) is -0.124. The Balaban J connectivity index is 2.98. The number of hydrogen-bond donors (Lipinski definition) is 0. The second-order valence-corrected chi connectivity index (χ2v) is 7.69. The van der Waals surface area contributed by atoms with Crippen LogP contribution in [0.4, 0.5) is 5.69 Å². The molecule has 1 amide bonds. The maximum absolute atomic E-state index is 12.3. The van der Waals surface area contributed by atoms with Gasteiger partial charge in [0.25, 0.3) is 11.6 Å². The van der Waals surface area contributed by atoms with Gasteiger partial charge >= 0.3 is 0 Å². The first-order valence-corrected chi connectivity index (χ1v) is 8.70. The number of sulfone groups is 1. The highest BCUT2D eigenvalue weighted by molar-refractivity contribution is 7.91. The number of hydrogen-bond acceptors (Lipinski definition) is 5. The number of rotatable bonds is 6. The maximum Gasteiger partial charge on any atom is 0.270 e. The van der Waals surface area contributed by atoms with Crippen LogP contribution in [0.3, 0.4) is 0 Å². The van der Waals surface area contributed by atoms with E-state index >= 15 is 0 Å². The molecule has 1 aromatic rings. The Morgan fingerprint density at radius 1 is 1.45 bits per heavy atom. The number of halogens is 1. The topological polar surface area (TPSA) is 97.6 Å². The predicted molar refractivity (Wildman–Crippen MR) is 84.0 cm³/mol. The molecule has 0 saturated carbocycles. The van der Waals surface area contributed by atoms with E-state index in [0.717, 1.165) is 6.07 Å². The highest BCUT2D eigenvalue weighted by atomic mass is 35.5. The lowest BCUT2D eigenvalue weighted by atomic mass is 10.1. The van der Waals surface area contributed by atoms with Crippen molar-refractivity contribution in [3.8, 4) is 0 Å². The van der Waals surface area contributed by atoms with E-state index in [9.17, 15) is 23.3 Å². The zero-order valence-corrected chi connectivity index (χ0v) is 14.0. The Morgan fingerprint density at radius 2 is 2.05 bits per heavy atom. The summed E-state index contributed by atoms with van der Waals surface area (Å²) in [5.74, 6) is -0.646. The summed E-state index contributed by atoms with van der Waals surface area (Å²) in [4.78, 5) is 23.6.